The normalized spacial score (nSPS) is 12.1. The van der Waals surface area contributed by atoms with Crippen LogP contribution >= 0.6 is 0 Å². The van der Waals surface area contributed by atoms with Gasteiger partial charge in [-0.05, 0) is 36.6 Å². The zero-order valence-electron chi connectivity index (χ0n) is 10.6. The Morgan fingerprint density at radius 3 is 2.61 bits per heavy atom. The lowest BCUT2D eigenvalue weighted by Gasteiger charge is -2.10. The topological polar surface area (TPSA) is 72.2 Å². The van der Waals surface area contributed by atoms with Crippen molar-refractivity contribution in [3.05, 3.63) is 29.6 Å². The van der Waals surface area contributed by atoms with Crippen LogP contribution in [0.4, 0.5) is 4.39 Å². The number of sulfonamides is 1. The number of halogens is 1. The number of hydrogen-bond acceptors (Lipinski definition) is 3. The summed E-state index contributed by atoms with van der Waals surface area (Å²) in [6.07, 6.45) is 0.521. The first-order valence-corrected chi connectivity index (χ1v) is 7.33. The highest BCUT2D eigenvalue weighted by atomic mass is 32.2. The van der Waals surface area contributed by atoms with Crippen LogP contribution in [0.25, 0.3) is 0 Å². The molecule has 0 aromatic heterocycles. The van der Waals surface area contributed by atoms with Gasteiger partial charge in [0, 0.05) is 6.54 Å². The smallest absolute Gasteiger partial charge is 0.243 e. The van der Waals surface area contributed by atoms with Crippen molar-refractivity contribution in [2.75, 3.05) is 13.1 Å². The van der Waals surface area contributed by atoms with Gasteiger partial charge in [0.1, 0.15) is 10.7 Å². The summed E-state index contributed by atoms with van der Waals surface area (Å²) < 4.78 is 39.8. The summed E-state index contributed by atoms with van der Waals surface area (Å²) in [4.78, 5) is -0.311. The third-order valence-corrected chi connectivity index (χ3v) is 3.84. The van der Waals surface area contributed by atoms with E-state index in [4.69, 9.17) is 5.73 Å². The Hall–Kier alpha value is -0.980. The quantitative estimate of drug-likeness (QED) is 0.820. The Bertz CT molecular complexity index is 501. The van der Waals surface area contributed by atoms with Crippen molar-refractivity contribution in [2.24, 2.45) is 11.7 Å². The molecule has 0 fully saturated rings. The summed E-state index contributed by atoms with van der Waals surface area (Å²) in [5.74, 6) is -0.581. The summed E-state index contributed by atoms with van der Waals surface area (Å²) in [5.41, 5.74) is 6.11. The Morgan fingerprint density at radius 2 is 2.06 bits per heavy atom. The second-order valence-electron chi connectivity index (χ2n) is 4.55. The van der Waals surface area contributed by atoms with Crippen molar-refractivity contribution in [3.63, 3.8) is 0 Å². The minimum absolute atomic E-state index is 0.162. The van der Waals surface area contributed by atoms with E-state index in [1.165, 1.54) is 6.07 Å². The van der Waals surface area contributed by atoms with E-state index in [2.05, 4.69) is 4.72 Å². The third kappa shape index (κ3) is 4.04. The highest BCUT2D eigenvalue weighted by Gasteiger charge is 2.19. The van der Waals surface area contributed by atoms with Crippen molar-refractivity contribution in [3.8, 4) is 0 Å². The maximum absolute atomic E-state index is 13.6. The van der Waals surface area contributed by atoms with Gasteiger partial charge < -0.3 is 5.73 Å². The van der Waals surface area contributed by atoms with E-state index in [0.29, 0.717) is 18.5 Å². The molecule has 0 aliphatic carbocycles. The molecular formula is C12H19FN2O2S. The molecule has 4 nitrogen and oxygen atoms in total. The van der Waals surface area contributed by atoms with Gasteiger partial charge in [-0.15, -0.1) is 0 Å². The van der Waals surface area contributed by atoms with Crippen LogP contribution in [0.3, 0.4) is 0 Å². The molecule has 0 aliphatic rings. The molecule has 0 bridgehead atoms. The van der Waals surface area contributed by atoms with Crippen LogP contribution in [0.15, 0.2) is 23.1 Å². The molecule has 0 atom stereocenters. The predicted molar refractivity (Wildman–Crippen MR) is 69.2 cm³/mol. The van der Waals surface area contributed by atoms with Crippen molar-refractivity contribution >= 4 is 10.0 Å². The van der Waals surface area contributed by atoms with Gasteiger partial charge in [0.2, 0.25) is 10.0 Å². The Labute approximate surface area is 107 Å². The Morgan fingerprint density at radius 1 is 1.39 bits per heavy atom. The first kappa shape index (κ1) is 15.1. The van der Waals surface area contributed by atoms with Gasteiger partial charge in [-0.2, -0.15) is 0 Å². The molecular weight excluding hydrogens is 255 g/mol. The summed E-state index contributed by atoms with van der Waals surface area (Å²) in [6.45, 7) is 4.43. The molecule has 0 radical (unpaired) electrons. The highest BCUT2D eigenvalue weighted by molar-refractivity contribution is 7.89. The first-order chi connectivity index (χ1) is 8.36. The van der Waals surface area contributed by atoms with E-state index >= 15 is 0 Å². The molecule has 18 heavy (non-hydrogen) atoms. The van der Waals surface area contributed by atoms with Gasteiger partial charge in [-0.3, -0.25) is 0 Å². The number of nitrogens with two attached hydrogens (primary N) is 1. The second kappa shape index (κ2) is 6.26. The lowest BCUT2D eigenvalue weighted by atomic mass is 10.1. The van der Waals surface area contributed by atoms with Crippen molar-refractivity contribution in [1.29, 1.82) is 0 Å². The van der Waals surface area contributed by atoms with Crippen LogP contribution in [0.1, 0.15) is 19.4 Å². The number of hydrogen-bond donors (Lipinski definition) is 2. The summed E-state index contributed by atoms with van der Waals surface area (Å²) in [6, 6.07) is 4.05. The molecule has 0 spiro atoms. The molecule has 0 saturated carbocycles. The first-order valence-electron chi connectivity index (χ1n) is 5.85. The molecule has 102 valence electrons. The second-order valence-corrected chi connectivity index (χ2v) is 6.28. The third-order valence-electron chi connectivity index (χ3n) is 2.40. The Balaban J connectivity index is 3.03. The molecule has 0 heterocycles. The van der Waals surface area contributed by atoms with Crippen molar-refractivity contribution in [2.45, 2.75) is 25.2 Å². The van der Waals surface area contributed by atoms with Crippen LogP contribution in [-0.4, -0.2) is 21.5 Å². The lowest BCUT2D eigenvalue weighted by Crippen LogP contribution is -2.28. The van der Waals surface area contributed by atoms with Crippen molar-refractivity contribution < 1.29 is 12.8 Å². The maximum Gasteiger partial charge on any atom is 0.243 e. The fraction of sp³-hybridized carbons (Fsp3) is 0.500. The van der Waals surface area contributed by atoms with E-state index in [1.54, 1.807) is 6.07 Å². The molecule has 3 N–H and O–H groups in total. The maximum atomic E-state index is 13.6. The zero-order valence-corrected chi connectivity index (χ0v) is 11.4. The molecule has 6 heteroatoms. The van der Waals surface area contributed by atoms with E-state index in [9.17, 15) is 12.8 Å². The predicted octanol–water partition coefficient (Wildman–Crippen LogP) is 1.26. The van der Waals surface area contributed by atoms with Crippen LogP contribution in [0, 0.1) is 11.7 Å². The molecule has 1 aromatic rings. The molecule has 1 rings (SSSR count). The van der Waals surface area contributed by atoms with E-state index in [-0.39, 0.29) is 17.4 Å². The summed E-state index contributed by atoms with van der Waals surface area (Å²) in [7, 11) is -3.79. The van der Waals surface area contributed by atoms with E-state index < -0.39 is 15.8 Å². The van der Waals surface area contributed by atoms with Gasteiger partial charge in [0.25, 0.3) is 0 Å². The fourth-order valence-corrected chi connectivity index (χ4v) is 2.77. The van der Waals surface area contributed by atoms with Crippen LogP contribution in [0.5, 0.6) is 0 Å². The Kier molecular flexibility index (Phi) is 5.25. The fourth-order valence-electron chi connectivity index (χ4n) is 1.43. The van der Waals surface area contributed by atoms with Gasteiger partial charge >= 0.3 is 0 Å². The summed E-state index contributed by atoms with van der Waals surface area (Å²) in [5, 5.41) is 0. The zero-order chi connectivity index (χ0) is 13.8. The van der Waals surface area contributed by atoms with Gasteiger partial charge in [0.15, 0.2) is 0 Å². The average Bonchev–Trinajstić information content (AvgIpc) is 2.29. The van der Waals surface area contributed by atoms with Gasteiger partial charge in [-0.25, -0.2) is 17.5 Å². The van der Waals surface area contributed by atoms with E-state index in [1.807, 2.05) is 13.8 Å². The molecule has 0 amide bonds. The minimum atomic E-state index is -3.79. The molecule has 0 unspecified atom stereocenters. The van der Waals surface area contributed by atoms with E-state index in [0.717, 1.165) is 6.07 Å². The highest BCUT2D eigenvalue weighted by Crippen LogP contribution is 2.16. The van der Waals surface area contributed by atoms with Gasteiger partial charge in [0.05, 0.1) is 0 Å². The number of benzene rings is 1. The van der Waals surface area contributed by atoms with Crippen molar-refractivity contribution in [1.82, 2.24) is 4.72 Å². The summed E-state index contributed by atoms with van der Waals surface area (Å²) >= 11 is 0. The van der Waals surface area contributed by atoms with Crippen LogP contribution < -0.4 is 10.5 Å². The SMILES string of the molecule is CC(C)CNS(=O)(=O)c1cc(CCN)ccc1F. The molecule has 0 saturated heterocycles. The van der Waals surface area contributed by atoms with Crippen LogP contribution in [-0.2, 0) is 16.4 Å². The number of rotatable bonds is 6. The average molecular weight is 274 g/mol. The number of nitrogens with one attached hydrogen (secondary N) is 1. The minimum Gasteiger partial charge on any atom is -0.330 e. The molecule has 0 aliphatic heterocycles. The monoisotopic (exact) mass is 274 g/mol. The standard InChI is InChI=1S/C12H19FN2O2S/c1-9(2)8-15-18(16,17)12-7-10(5-6-14)3-4-11(12)13/h3-4,7,9,15H,5-6,8,14H2,1-2H3. The molecule has 1 aromatic carbocycles. The van der Waals surface area contributed by atoms with Gasteiger partial charge in [-0.1, -0.05) is 19.9 Å². The van der Waals surface area contributed by atoms with Crippen LogP contribution in [0.2, 0.25) is 0 Å². The largest absolute Gasteiger partial charge is 0.330 e. The lowest BCUT2D eigenvalue weighted by molar-refractivity contribution is 0.543.